The highest BCUT2D eigenvalue weighted by Gasteiger charge is 2.47. The van der Waals surface area contributed by atoms with Gasteiger partial charge in [-0.2, -0.15) is 0 Å². The molecule has 0 saturated carbocycles. The number of likely N-dealkylation sites (N-methyl/N-ethyl adjacent to an activating group) is 2. The minimum Gasteiger partial charge on any atom is -0.454 e. The number of fused-ring (bicyclic) bond motifs is 7. The van der Waals surface area contributed by atoms with Gasteiger partial charge in [-0.25, -0.2) is 0 Å². The fourth-order valence-corrected chi connectivity index (χ4v) is 9.11. The Hall–Kier alpha value is -7.09. The van der Waals surface area contributed by atoms with Gasteiger partial charge < -0.3 is 43.6 Å². The number of para-hydroxylation sites is 2. The Morgan fingerprint density at radius 1 is 0.733 bits per heavy atom. The summed E-state index contributed by atoms with van der Waals surface area (Å²) in [5, 5.41) is 1.98. The normalized spacial score (nSPS) is 20.3. The molecule has 308 valence electrons. The predicted molar refractivity (Wildman–Crippen MR) is 222 cm³/mol. The van der Waals surface area contributed by atoms with E-state index in [1.54, 1.807) is 37.2 Å². The lowest BCUT2D eigenvalue weighted by Crippen LogP contribution is -2.62. The molecule has 5 aliphatic rings. The van der Waals surface area contributed by atoms with Crippen molar-refractivity contribution < 1.29 is 45.9 Å². The first-order chi connectivity index (χ1) is 29.6. The van der Waals surface area contributed by atoms with Gasteiger partial charge in [0, 0.05) is 68.9 Å². The van der Waals surface area contributed by atoms with E-state index in [-0.39, 0.29) is 75.9 Å². The number of amides is 3. The van der Waals surface area contributed by atoms with Crippen LogP contribution in [-0.4, -0.2) is 101 Å². The molecule has 2 N–H and O–H groups in total. The Labute approximate surface area is 348 Å². The van der Waals surface area contributed by atoms with Gasteiger partial charge in [0.05, 0.1) is 24.8 Å². The fraction of sp³-hybridized carbons (Fsp3) is 0.283. The lowest BCUT2D eigenvalue weighted by molar-refractivity contribution is -0.157. The van der Waals surface area contributed by atoms with E-state index >= 15 is 0 Å². The molecule has 14 heteroatoms. The Morgan fingerprint density at radius 3 is 2.12 bits per heavy atom. The number of ether oxygens (including phenoxy) is 4. The van der Waals surface area contributed by atoms with Gasteiger partial charge in [-0.05, 0) is 65.6 Å². The monoisotopic (exact) mass is 813 g/mol. The number of carbonyl (C=O) groups is 5. The molecular weight excluding hydrogens is 767 g/mol. The van der Waals surface area contributed by atoms with Crippen LogP contribution in [0.15, 0.2) is 84.9 Å². The first-order valence-electron chi connectivity index (χ1n) is 20.5. The number of piperidine rings is 1. The van der Waals surface area contributed by atoms with Gasteiger partial charge in [-0.15, -0.1) is 0 Å². The van der Waals surface area contributed by atoms with Gasteiger partial charge in [0.25, 0.3) is 0 Å². The smallest absolute Gasteiger partial charge is 0.245 e. The maximum Gasteiger partial charge on any atom is 0.245 e. The van der Waals surface area contributed by atoms with Crippen molar-refractivity contribution in [2.75, 3.05) is 40.8 Å². The number of hydrogen-bond acceptors (Lipinski definition) is 9. The summed E-state index contributed by atoms with van der Waals surface area (Å²) in [4.78, 5) is 75.7. The molecule has 4 aromatic carbocycles. The molecule has 2 aromatic heterocycles. The lowest BCUT2D eigenvalue weighted by atomic mass is 9.86. The number of benzene rings is 4. The quantitative estimate of drug-likeness (QED) is 0.205. The number of carbonyl (C=O) groups excluding carboxylic acids is 5. The number of aromatic nitrogens is 2. The zero-order chi connectivity index (χ0) is 42.5. The van der Waals surface area contributed by atoms with Crippen LogP contribution in [0.4, 0.5) is 0 Å². The van der Waals surface area contributed by atoms with Crippen LogP contribution in [0.25, 0.3) is 21.8 Å². The van der Waals surface area contributed by atoms with E-state index in [9.17, 15) is 24.0 Å². The number of hydrogen-bond donors (Lipinski definition) is 2. The second-order valence-electron chi connectivity index (χ2n) is 15.6. The second-order valence-corrected chi connectivity index (χ2v) is 15.6. The molecule has 2 fully saturated rings. The van der Waals surface area contributed by atoms with Crippen molar-refractivity contribution in [3.8, 4) is 23.0 Å². The molecular formula is C46H45N5O9. The summed E-state index contributed by atoms with van der Waals surface area (Å²) < 4.78 is 31.7. The van der Waals surface area contributed by atoms with Crippen LogP contribution in [0.1, 0.15) is 61.3 Å². The van der Waals surface area contributed by atoms with Crippen molar-refractivity contribution in [1.29, 1.82) is 0 Å². The van der Waals surface area contributed by atoms with Gasteiger partial charge >= 0.3 is 0 Å². The van der Waals surface area contributed by atoms with Crippen LogP contribution in [0.3, 0.4) is 0 Å². The molecule has 6 aromatic rings. The summed E-state index contributed by atoms with van der Waals surface area (Å²) in [6.45, 7) is 0.559. The largest absolute Gasteiger partial charge is 0.454 e. The summed E-state index contributed by atoms with van der Waals surface area (Å²) in [5.41, 5.74) is 6.45. The number of ketones is 2. The molecule has 14 nitrogen and oxygen atoms in total. The van der Waals surface area contributed by atoms with E-state index in [0.29, 0.717) is 47.1 Å². The molecule has 2 saturated heterocycles. The van der Waals surface area contributed by atoms with Gasteiger partial charge in [0.15, 0.2) is 28.8 Å². The summed E-state index contributed by atoms with van der Waals surface area (Å²) in [6.07, 6.45) is 1.03. The Bertz CT molecular complexity index is 2770. The number of H-pyrrole nitrogens is 2. The average molecular weight is 814 g/mol. The SMILES string of the molecule is C.CN1CC(=O)CC(Cc2c(C(=O)c3ccc4c(c3)OCO4)[nH]c3ccccc23)C1=O.CN1CC(=O)N2[C@H](c3ccc4c(c3)OCO4)c3[nH]c4ccccc4c3C[C@@H]2C1=O.[2H][2H]. The highest BCUT2D eigenvalue weighted by atomic mass is 16.7. The van der Waals surface area contributed by atoms with E-state index in [1.807, 2.05) is 60.7 Å². The van der Waals surface area contributed by atoms with E-state index in [0.717, 1.165) is 44.2 Å². The Morgan fingerprint density at radius 2 is 1.37 bits per heavy atom. The number of piperazine rings is 1. The number of nitrogens with one attached hydrogen (secondary N) is 2. The van der Waals surface area contributed by atoms with Crippen LogP contribution in [-0.2, 0) is 32.0 Å². The van der Waals surface area contributed by atoms with Crippen LogP contribution >= 0.6 is 0 Å². The molecule has 0 radical (unpaired) electrons. The van der Waals surface area contributed by atoms with Crippen molar-refractivity contribution >= 4 is 51.1 Å². The van der Waals surface area contributed by atoms with E-state index in [1.165, 1.54) is 9.80 Å². The summed E-state index contributed by atoms with van der Waals surface area (Å²) in [5.74, 6) is 1.73. The third-order valence-electron chi connectivity index (χ3n) is 11.9. The molecule has 0 bridgehead atoms. The molecule has 60 heavy (non-hydrogen) atoms. The van der Waals surface area contributed by atoms with Gasteiger partial charge in [0.1, 0.15) is 6.04 Å². The summed E-state index contributed by atoms with van der Waals surface area (Å²) in [7, 11) is 3.33. The highest BCUT2D eigenvalue weighted by Crippen LogP contribution is 2.45. The van der Waals surface area contributed by atoms with Crippen LogP contribution < -0.4 is 18.9 Å². The highest BCUT2D eigenvalue weighted by molar-refractivity contribution is 6.12. The average Bonchev–Trinajstić information content (AvgIpc) is 4.09. The van der Waals surface area contributed by atoms with Gasteiger partial charge in [-0.3, -0.25) is 24.0 Å². The number of rotatable bonds is 5. The first-order valence-corrected chi connectivity index (χ1v) is 19.5. The topological polar surface area (TPSA) is 164 Å². The van der Waals surface area contributed by atoms with E-state index < -0.39 is 12.0 Å². The summed E-state index contributed by atoms with van der Waals surface area (Å²) in [6, 6.07) is 25.6. The zero-order valence-electron chi connectivity index (χ0n) is 34.3. The fourth-order valence-electron chi connectivity index (χ4n) is 9.11. The first kappa shape index (κ1) is 37.2. The number of aromatic amines is 2. The van der Waals surface area contributed by atoms with E-state index in [2.05, 4.69) is 16.0 Å². The van der Waals surface area contributed by atoms with Gasteiger partial charge in [0.2, 0.25) is 37.1 Å². The number of nitrogens with zero attached hydrogens (tertiary/aromatic N) is 3. The molecule has 3 atom stereocenters. The number of Topliss-reactive ketones (excluding diaryl/α,β-unsaturated/α-hetero) is 1. The van der Waals surface area contributed by atoms with Crippen molar-refractivity contribution in [3.63, 3.8) is 0 Å². The lowest BCUT2D eigenvalue weighted by Gasteiger charge is -2.46. The minimum absolute atomic E-state index is 0. The number of likely N-dealkylation sites (tertiary alicyclic amines) is 1. The third-order valence-corrected chi connectivity index (χ3v) is 11.9. The Kier molecular flexibility index (Phi) is 9.26. The molecule has 1 unspecified atom stereocenters. The van der Waals surface area contributed by atoms with Crippen LogP contribution in [0.2, 0.25) is 0 Å². The predicted octanol–water partition coefficient (Wildman–Crippen LogP) is 5.81. The van der Waals surface area contributed by atoms with Crippen molar-refractivity contribution in [2.45, 2.75) is 38.8 Å². The molecule has 11 rings (SSSR count). The molecule has 0 spiro atoms. The molecule has 7 heterocycles. The molecule has 3 amide bonds. The summed E-state index contributed by atoms with van der Waals surface area (Å²) >= 11 is 0. The van der Waals surface area contributed by atoms with Crippen molar-refractivity contribution in [3.05, 3.63) is 119 Å². The maximum atomic E-state index is 13.4. The van der Waals surface area contributed by atoms with Gasteiger partial charge in [-0.1, -0.05) is 49.9 Å². The van der Waals surface area contributed by atoms with E-state index in [4.69, 9.17) is 21.9 Å². The third kappa shape index (κ3) is 6.39. The molecule has 5 aliphatic heterocycles. The Balaban J connectivity index is 0.000000162. The minimum atomic E-state index is -0.511. The van der Waals surface area contributed by atoms with Crippen LogP contribution in [0.5, 0.6) is 23.0 Å². The standard InChI is InChI=1S/C23H20N2O5.C22H19N3O4.CH4.H2/c1-25-11-15(26)8-14(23(25)28)9-17-16-4-2-3-5-18(16)24-21(17)22(27)13-6-7-19-20(10-13)30-12-29-19;1-24-10-19(26)25-16(22(24)27)9-14-13-4-2-3-5-15(13)23-20(14)21(25)12-6-7-17-18(8-12)29-11-28-17;;/h2-7,10,14,24H,8-9,11-12H2,1H3;2-8,16,21,23H,9-11H2,1H3;1H4;1H/t;16-,21-;;/m.1../s1/i;;;1+1D. The molecule has 0 aliphatic carbocycles. The zero-order valence-corrected chi connectivity index (χ0v) is 32.3. The second kappa shape index (κ2) is 14.9. The van der Waals surface area contributed by atoms with Crippen LogP contribution in [0, 0.1) is 5.92 Å². The maximum absolute atomic E-state index is 13.4. The van der Waals surface area contributed by atoms with Crippen molar-refractivity contribution in [2.24, 2.45) is 5.92 Å². The van der Waals surface area contributed by atoms with Crippen molar-refractivity contribution in [1.82, 2.24) is 24.7 Å².